The largest absolute Gasteiger partial charge is 0.457 e. The molecule has 1 aromatic heterocycles. The van der Waals surface area contributed by atoms with Crippen molar-refractivity contribution >= 4 is 57.9 Å². The number of carbonyl (C=O) groups is 2. The molecule has 0 N–H and O–H groups in total. The molecule has 3 aromatic rings. The van der Waals surface area contributed by atoms with Crippen molar-refractivity contribution in [3.05, 3.63) is 91.0 Å². The third-order valence-corrected chi connectivity index (χ3v) is 5.89. The molecule has 0 aliphatic carbocycles. The van der Waals surface area contributed by atoms with E-state index >= 15 is 0 Å². The summed E-state index contributed by atoms with van der Waals surface area (Å²) < 4.78 is 5.76. The van der Waals surface area contributed by atoms with Gasteiger partial charge in [0.15, 0.2) is 0 Å². The Kier molecular flexibility index (Phi) is 5.86. The topological polar surface area (TPSA) is 93.7 Å². The summed E-state index contributed by atoms with van der Waals surface area (Å²) in [5, 5.41) is 11.4. The molecular formula is C21H12Cl2N2O5S. The summed E-state index contributed by atoms with van der Waals surface area (Å²) in [4.78, 5) is 36.7. The summed E-state index contributed by atoms with van der Waals surface area (Å²) in [6.45, 7) is -0.0620. The first-order chi connectivity index (χ1) is 14.8. The van der Waals surface area contributed by atoms with E-state index in [2.05, 4.69) is 0 Å². The lowest BCUT2D eigenvalue weighted by Gasteiger charge is -2.12. The number of nitro benzene ring substituents is 1. The normalized spacial score (nSPS) is 15.2. The molecule has 0 spiro atoms. The summed E-state index contributed by atoms with van der Waals surface area (Å²) in [5.41, 5.74) is 1.02. The Morgan fingerprint density at radius 3 is 2.65 bits per heavy atom. The minimum atomic E-state index is -0.529. The van der Waals surface area contributed by atoms with Crippen molar-refractivity contribution in [2.45, 2.75) is 6.54 Å². The van der Waals surface area contributed by atoms with Crippen LogP contribution in [0.4, 0.5) is 10.5 Å². The number of rotatable bonds is 5. The highest BCUT2D eigenvalue weighted by atomic mass is 35.5. The fraction of sp³-hybridized carbons (Fsp3) is 0.0476. The molecule has 2 heterocycles. The van der Waals surface area contributed by atoms with E-state index in [1.165, 1.54) is 24.3 Å². The van der Waals surface area contributed by atoms with Gasteiger partial charge >= 0.3 is 0 Å². The lowest BCUT2D eigenvalue weighted by atomic mass is 10.2. The summed E-state index contributed by atoms with van der Waals surface area (Å²) in [6, 6.07) is 14.2. The molecule has 2 aromatic carbocycles. The SMILES string of the molecule is O=C1S/C(=C\c2ccc(-c3ccc(Cl)cc3Cl)o2)C(=O)N1Cc1cccc([N+](=O)[O-])c1. The molecule has 0 bridgehead atoms. The Bertz CT molecular complexity index is 1250. The quantitative estimate of drug-likeness (QED) is 0.241. The molecule has 0 unspecified atom stereocenters. The number of nitro groups is 1. The molecule has 4 rings (SSSR count). The van der Waals surface area contributed by atoms with Crippen LogP contribution in [-0.2, 0) is 11.3 Å². The van der Waals surface area contributed by atoms with Crippen molar-refractivity contribution in [1.29, 1.82) is 0 Å². The van der Waals surface area contributed by atoms with Crippen LogP contribution in [0.15, 0.2) is 63.9 Å². The molecule has 7 nitrogen and oxygen atoms in total. The number of amides is 2. The maximum absolute atomic E-state index is 12.7. The average molecular weight is 475 g/mol. The number of non-ortho nitro benzene ring substituents is 1. The maximum Gasteiger partial charge on any atom is 0.293 e. The van der Waals surface area contributed by atoms with Crippen LogP contribution in [0.2, 0.25) is 10.0 Å². The lowest BCUT2D eigenvalue weighted by Crippen LogP contribution is -2.27. The first kappa shape index (κ1) is 21.2. The van der Waals surface area contributed by atoms with Gasteiger partial charge in [-0.25, -0.2) is 0 Å². The Labute approximate surface area is 190 Å². The zero-order valence-corrected chi connectivity index (χ0v) is 17.9. The van der Waals surface area contributed by atoms with E-state index in [9.17, 15) is 19.7 Å². The fourth-order valence-corrected chi connectivity index (χ4v) is 4.30. The van der Waals surface area contributed by atoms with Crippen LogP contribution in [0.25, 0.3) is 17.4 Å². The van der Waals surface area contributed by atoms with E-state index in [0.29, 0.717) is 32.7 Å². The molecule has 0 saturated carbocycles. The predicted molar refractivity (Wildman–Crippen MR) is 119 cm³/mol. The number of hydrogen-bond acceptors (Lipinski definition) is 6. The van der Waals surface area contributed by atoms with Crippen molar-refractivity contribution in [1.82, 2.24) is 4.90 Å². The molecule has 1 fully saturated rings. The summed E-state index contributed by atoms with van der Waals surface area (Å²) in [5.74, 6) is 0.370. The fourth-order valence-electron chi connectivity index (χ4n) is 2.98. The van der Waals surface area contributed by atoms with Crippen LogP contribution in [0.1, 0.15) is 11.3 Å². The number of thioether (sulfide) groups is 1. The third-order valence-electron chi connectivity index (χ3n) is 4.43. The third kappa shape index (κ3) is 4.51. The number of halogens is 2. The van der Waals surface area contributed by atoms with Gasteiger partial charge in [-0.1, -0.05) is 35.3 Å². The minimum absolute atomic E-state index is 0.0620. The highest BCUT2D eigenvalue weighted by molar-refractivity contribution is 8.18. The number of imide groups is 1. The lowest BCUT2D eigenvalue weighted by molar-refractivity contribution is -0.384. The Morgan fingerprint density at radius 2 is 1.90 bits per heavy atom. The van der Waals surface area contributed by atoms with Crippen LogP contribution in [0.5, 0.6) is 0 Å². The second-order valence-corrected chi connectivity index (χ2v) is 8.36. The monoisotopic (exact) mass is 474 g/mol. The van der Waals surface area contributed by atoms with Gasteiger partial charge in [0.1, 0.15) is 11.5 Å². The molecule has 1 aliphatic rings. The second kappa shape index (κ2) is 8.58. The average Bonchev–Trinajstić information content (AvgIpc) is 3.28. The predicted octanol–water partition coefficient (Wildman–Crippen LogP) is 6.40. The van der Waals surface area contributed by atoms with E-state index < -0.39 is 16.1 Å². The van der Waals surface area contributed by atoms with Crippen LogP contribution in [0, 0.1) is 10.1 Å². The molecule has 31 heavy (non-hydrogen) atoms. The Hall–Kier alpha value is -3.07. The van der Waals surface area contributed by atoms with E-state index in [1.807, 2.05) is 0 Å². The van der Waals surface area contributed by atoms with Gasteiger partial charge in [-0.2, -0.15) is 0 Å². The number of hydrogen-bond donors (Lipinski definition) is 0. The van der Waals surface area contributed by atoms with Gasteiger partial charge in [0, 0.05) is 28.8 Å². The van der Waals surface area contributed by atoms with Gasteiger partial charge in [0.2, 0.25) is 0 Å². The molecule has 0 radical (unpaired) electrons. The zero-order chi connectivity index (χ0) is 22.1. The number of nitrogens with zero attached hydrogens (tertiary/aromatic N) is 2. The Morgan fingerprint density at radius 1 is 1.10 bits per heavy atom. The van der Waals surface area contributed by atoms with Crippen molar-refractivity contribution < 1.29 is 18.9 Å². The molecule has 2 amide bonds. The van der Waals surface area contributed by atoms with Gasteiger partial charge in [0.25, 0.3) is 16.8 Å². The van der Waals surface area contributed by atoms with Gasteiger partial charge in [0.05, 0.1) is 21.4 Å². The maximum atomic E-state index is 12.7. The minimum Gasteiger partial charge on any atom is -0.457 e. The summed E-state index contributed by atoms with van der Waals surface area (Å²) in [7, 11) is 0. The molecule has 10 heteroatoms. The van der Waals surface area contributed by atoms with Crippen LogP contribution >= 0.6 is 35.0 Å². The number of furan rings is 1. The van der Waals surface area contributed by atoms with Crippen LogP contribution < -0.4 is 0 Å². The van der Waals surface area contributed by atoms with Crippen molar-refractivity contribution in [3.8, 4) is 11.3 Å². The molecule has 1 aliphatic heterocycles. The molecule has 156 valence electrons. The standard InChI is InChI=1S/C21H12Cl2N2O5S/c22-13-4-6-16(17(23)9-13)18-7-5-15(30-18)10-19-20(26)24(21(27)31-19)11-12-2-1-3-14(8-12)25(28)29/h1-10H,11H2/b19-10-. The first-order valence-corrected chi connectivity index (χ1v) is 10.4. The van der Waals surface area contributed by atoms with E-state index in [1.54, 1.807) is 36.4 Å². The van der Waals surface area contributed by atoms with Gasteiger partial charge < -0.3 is 4.42 Å². The molecule has 0 atom stereocenters. The first-order valence-electron chi connectivity index (χ1n) is 8.86. The smallest absolute Gasteiger partial charge is 0.293 e. The second-order valence-electron chi connectivity index (χ2n) is 6.52. The number of carbonyl (C=O) groups excluding carboxylic acids is 2. The van der Waals surface area contributed by atoms with Crippen LogP contribution in [0.3, 0.4) is 0 Å². The van der Waals surface area contributed by atoms with E-state index in [-0.39, 0.29) is 17.1 Å². The highest BCUT2D eigenvalue weighted by Crippen LogP contribution is 2.36. The van der Waals surface area contributed by atoms with Gasteiger partial charge in [-0.15, -0.1) is 0 Å². The van der Waals surface area contributed by atoms with Crippen molar-refractivity contribution in [2.24, 2.45) is 0 Å². The number of benzene rings is 2. The zero-order valence-electron chi connectivity index (χ0n) is 15.6. The highest BCUT2D eigenvalue weighted by Gasteiger charge is 2.35. The van der Waals surface area contributed by atoms with E-state index in [0.717, 1.165) is 16.7 Å². The van der Waals surface area contributed by atoms with Crippen molar-refractivity contribution in [2.75, 3.05) is 0 Å². The van der Waals surface area contributed by atoms with Crippen LogP contribution in [-0.4, -0.2) is 21.0 Å². The Balaban J connectivity index is 1.54. The molecule has 1 saturated heterocycles. The molecular weight excluding hydrogens is 463 g/mol. The van der Waals surface area contributed by atoms with E-state index in [4.69, 9.17) is 27.6 Å². The van der Waals surface area contributed by atoms with Gasteiger partial charge in [-0.05, 0) is 47.7 Å². The summed E-state index contributed by atoms with van der Waals surface area (Å²) >= 11 is 12.9. The van der Waals surface area contributed by atoms with Gasteiger partial charge in [-0.3, -0.25) is 24.6 Å². The van der Waals surface area contributed by atoms with Crippen molar-refractivity contribution in [3.63, 3.8) is 0 Å². The summed E-state index contributed by atoms with van der Waals surface area (Å²) in [6.07, 6.45) is 1.48.